The maximum Gasteiger partial charge on any atom is 0.0403 e. The molecule has 0 fully saturated rings. The summed E-state index contributed by atoms with van der Waals surface area (Å²) in [6.07, 6.45) is 6.78. The number of rotatable bonds is 3. The van der Waals surface area contributed by atoms with Gasteiger partial charge in [-0.25, -0.2) is 0 Å². The molecule has 4 heteroatoms. The van der Waals surface area contributed by atoms with E-state index in [0.29, 0.717) is 0 Å². The Labute approximate surface area is 142 Å². The molecule has 1 atom stereocenters. The van der Waals surface area contributed by atoms with Crippen molar-refractivity contribution in [3.05, 3.63) is 72.9 Å². The van der Waals surface area contributed by atoms with E-state index < -0.39 is 0 Å². The molecule has 113 valence electrons. The normalized spacial score (nSPS) is 15.2. The van der Waals surface area contributed by atoms with E-state index in [9.17, 15) is 0 Å². The zero-order valence-corrected chi connectivity index (χ0v) is 14.9. The first-order chi connectivity index (χ1) is 9.85. The van der Waals surface area contributed by atoms with Gasteiger partial charge in [-0.1, -0.05) is 30.3 Å². The molecular weight excluding hydrogens is 341 g/mol. The van der Waals surface area contributed by atoms with Crippen molar-refractivity contribution in [3.63, 3.8) is 0 Å². The summed E-state index contributed by atoms with van der Waals surface area (Å²) in [5.41, 5.74) is 4.35. The Kier molecular flexibility index (Phi) is 9.04. The van der Waals surface area contributed by atoms with Gasteiger partial charge in [-0.15, -0.1) is 0 Å². The number of hydrogen-bond acceptors (Lipinski definition) is 1. The van der Waals surface area contributed by atoms with Crippen molar-refractivity contribution < 1.29 is 13.4 Å². The molecule has 0 saturated heterocycles. The molecule has 0 amide bonds. The Morgan fingerprint density at radius 1 is 1.10 bits per heavy atom. The molecule has 1 aliphatic carbocycles. The van der Waals surface area contributed by atoms with Crippen LogP contribution in [0.5, 0.6) is 0 Å². The minimum Gasteiger partial charge on any atom is -0.261 e. The van der Waals surface area contributed by atoms with Crippen LogP contribution in [0.1, 0.15) is 35.6 Å². The van der Waals surface area contributed by atoms with Gasteiger partial charge in [0, 0.05) is 11.9 Å². The summed E-state index contributed by atoms with van der Waals surface area (Å²) in [6.45, 7) is 0. The van der Waals surface area contributed by atoms with Crippen molar-refractivity contribution in [3.8, 4) is 0 Å². The van der Waals surface area contributed by atoms with Gasteiger partial charge in [0.1, 0.15) is 0 Å². The van der Waals surface area contributed by atoms with Crippen molar-refractivity contribution in [2.24, 2.45) is 0 Å². The van der Waals surface area contributed by atoms with Crippen molar-refractivity contribution in [2.45, 2.75) is 31.6 Å². The first-order valence-electron chi connectivity index (χ1n) is 6.72. The fourth-order valence-corrected chi connectivity index (χ4v) is 2.81. The quantitative estimate of drug-likeness (QED) is 0.651. The summed E-state index contributed by atoms with van der Waals surface area (Å²) in [5, 5.41) is 0. The number of pyridine rings is 1. The minimum absolute atomic E-state index is 0. The van der Waals surface area contributed by atoms with Gasteiger partial charge in [0.25, 0.3) is 0 Å². The maximum atomic E-state index is 4.83. The van der Waals surface area contributed by atoms with Crippen molar-refractivity contribution in [1.82, 2.24) is 4.98 Å². The van der Waals surface area contributed by atoms with E-state index in [1.54, 1.807) is 11.1 Å². The fourth-order valence-electron chi connectivity index (χ4n) is 2.81. The molecular formula is C17H20Cl2CrN. The standard InChI is InChI=1S/C16H17N.CH3.2ClH.Cr/c1-2-7-16-13(5-1)8-9-14(16)10-11-15-6-3-4-12-17-15;;;;/h1-7,12,14H,8-11H2;1H3;2*1H;/q;-1;;;+3/p-2. The largest absolute Gasteiger partial charge is 0.261 e. The summed E-state index contributed by atoms with van der Waals surface area (Å²) in [6, 6.07) is 15.1. The predicted molar refractivity (Wildman–Crippen MR) is 88.2 cm³/mol. The number of nitrogens with zero attached hydrogens (tertiary/aromatic N) is 1. The second kappa shape index (κ2) is 10.2. The Morgan fingerprint density at radius 2 is 1.81 bits per heavy atom. The zero-order valence-electron chi connectivity index (χ0n) is 12.1. The first-order valence-corrected chi connectivity index (χ1v) is 10.2. The number of aryl methyl sites for hydroxylation is 2. The molecule has 0 radical (unpaired) electrons. The van der Waals surface area contributed by atoms with Crippen LogP contribution in [0.4, 0.5) is 0 Å². The van der Waals surface area contributed by atoms with Crippen LogP contribution in [0.2, 0.25) is 0 Å². The Bertz CT molecular complexity index is 519. The monoisotopic (exact) mass is 360 g/mol. The molecule has 0 saturated carbocycles. The van der Waals surface area contributed by atoms with E-state index >= 15 is 0 Å². The summed E-state index contributed by atoms with van der Waals surface area (Å²) >= 11 is -0.181. The van der Waals surface area contributed by atoms with E-state index in [2.05, 4.69) is 41.4 Å². The SMILES string of the molecule is [CH3-].[Cl][Cr+][Cl].c1ccc(CCC2CCc3ccccc32)nc1. The molecule has 0 N–H and O–H groups in total. The Morgan fingerprint density at radius 3 is 2.52 bits per heavy atom. The number of fused-ring (bicyclic) bond motifs is 1. The van der Waals surface area contributed by atoms with Crippen LogP contribution in [-0.2, 0) is 26.2 Å². The summed E-state index contributed by atoms with van der Waals surface area (Å²) in [4.78, 5) is 4.40. The Balaban J connectivity index is 0.000000510. The van der Waals surface area contributed by atoms with Crippen molar-refractivity contribution in [1.29, 1.82) is 0 Å². The van der Waals surface area contributed by atoms with Gasteiger partial charge in [0.2, 0.25) is 0 Å². The van der Waals surface area contributed by atoms with Gasteiger partial charge in [-0.05, 0) is 54.9 Å². The molecule has 0 aliphatic heterocycles. The van der Waals surface area contributed by atoms with E-state index in [1.807, 2.05) is 12.3 Å². The van der Waals surface area contributed by atoms with Gasteiger partial charge >= 0.3 is 33.5 Å². The van der Waals surface area contributed by atoms with Crippen molar-refractivity contribution in [2.75, 3.05) is 0 Å². The average Bonchev–Trinajstić information content (AvgIpc) is 2.90. The molecule has 1 aliphatic rings. The third kappa shape index (κ3) is 5.64. The molecule has 1 aromatic carbocycles. The van der Waals surface area contributed by atoms with E-state index in [4.69, 9.17) is 20.1 Å². The molecule has 1 aromatic heterocycles. The second-order valence-electron chi connectivity index (χ2n) is 4.85. The van der Waals surface area contributed by atoms with Gasteiger partial charge < -0.3 is 7.43 Å². The maximum absolute atomic E-state index is 4.83. The van der Waals surface area contributed by atoms with Gasteiger partial charge in [0.05, 0.1) is 0 Å². The van der Waals surface area contributed by atoms with Crippen molar-refractivity contribution >= 4 is 20.1 Å². The van der Waals surface area contributed by atoms with Crippen LogP contribution in [0.3, 0.4) is 0 Å². The van der Waals surface area contributed by atoms with Crippen LogP contribution in [0.15, 0.2) is 48.7 Å². The molecule has 1 unspecified atom stereocenters. The molecule has 1 heterocycles. The van der Waals surface area contributed by atoms with E-state index in [-0.39, 0.29) is 20.8 Å². The van der Waals surface area contributed by atoms with Crippen LogP contribution in [0.25, 0.3) is 0 Å². The average molecular weight is 361 g/mol. The van der Waals surface area contributed by atoms with Crippen LogP contribution in [-0.4, -0.2) is 4.98 Å². The third-order valence-electron chi connectivity index (χ3n) is 3.73. The molecule has 3 rings (SSSR count). The Hall–Kier alpha value is -0.518. The first kappa shape index (κ1) is 18.5. The summed E-state index contributed by atoms with van der Waals surface area (Å²) in [7, 11) is 9.65. The predicted octanol–water partition coefficient (Wildman–Crippen LogP) is 5.57. The minimum atomic E-state index is -0.181. The van der Waals surface area contributed by atoms with Crippen LogP contribution < -0.4 is 0 Å². The number of benzene rings is 1. The second-order valence-corrected chi connectivity index (χ2v) is 6.96. The van der Waals surface area contributed by atoms with Crippen LogP contribution in [0, 0.1) is 7.43 Å². The molecule has 0 bridgehead atoms. The van der Waals surface area contributed by atoms with Gasteiger partial charge in [-0.2, -0.15) is 0 Å². The zero-order chi connectivity index (χ0) is 14.2. The van der Waals surface area contributed by atoms with Gasteiger partial charge in [-0.3, -0.25) is 4.98 Å². The van der Waals surface area contributed by atoms with Crippen LogP contribution >= 0.6 is 20.1 Å². The molecule has 0 spiro atoms. The number of aromatic nitrogens is 1. The molecule has 21 heavy (non-hydrogen) atoms. The molecule has 2 aromatic rings. The molecule has 1 nitrogen and oxygen atoms in total. The van der Waals surface area contributed by atoms with Gasteiger partial charge in [0.15, 0.2) is 0 Å². The fraction of sp³-hybridized carbons (Fsp3) is 0.294. The topological polar surface area (TPSA) is 12.9 Å². The number of halogens is 2. The third-order valence-corrected chi connectivity index (χ3v) is 3.73. The van der Waals surface area contributed by atoms with E-state index in [0.717, 1.165) is 12.3 Å². The van der Waals surface area contributed by atoms with E-state index in [1.165, 1.54) is 25.0 Å². The smallest absolute Gasteiger partial charge is 0.0403 e. The summed E-state index contributed by atoms with van der Waals surface area (Å²) < 4.78 is 0. The number of hydrogen-bond donors (Lipinski definition) is 0. The summed E-state index contributed by atoms with van der Waals surface area (Å²) in [5.74, 6) is 0.744.